The number of alkyl halides is 3. The molecule has 0 aromatic heterocycles. The van der Waals surface area contributed by atoms with E-state index in [-0.39, 0.29) is 0 Å². The van der Waals surface area contributed by atoms with E-state index in [0.29, 0.717) is 12.1 Å². The summed E-state index contributed by atoms with van der Waals surface area (Å²) < 4.78 is 90.1. The Balaban J connectivity index is 2.44. The smallest absolute Gasteiger partial charge is 0.274 e. The molecule has 2 rings (SSSR count). The van der Waals surface area contributed by atoms with E-state index >= 15 is 0 Å². The van der Waals surface area contributed by atoms with Crippen LogP contribution in [0, 0.1) is 11.6 Å². The zero-order chi connectivity index (χ0) is 16.5. The Morgan fingerprint density at radius 2 is 1.45 bits per heavy atom. The van der Waals surface area contributed by atoms with Gasteiger partial charge in [0.2, 0.25) is 0 Å². The Morgan fingerprint density at radius 3 is 2.00 bits per heavy atom. The highest BCUT2D eigenvalue weighted by molar-refractivity contribution is 7.92. The van der Waals surface area contributed by atoms with Crippen LogP contribution in [0.25, 0.3) is 0 Å². The van der Waals surface area contributed by atoms with E-state index in [9.17, 15) is 30.4 Å². The molecule has 0 spiro atoms. The number of rotatable bonds is 3. The number of benzene rings is 2. The van der Waals surface area contributed by atoms with Gasteiger partial charge in [-0.25, -0.2) is 17.2 Å². The highest BCUT2D eigenvalue weighted by Gasteiger charge is 2.32. The Labute approximate surface area is 122 Å². The molecule has 0 unspecified atom stereocenters. The van der Waals surface area contributed by atoms with Gasteiger partial charge in [-0.05, 0) is 30.3 Å². The van der Waals surface area contributed by atoms with E-state index in [1.54, 1.807) is 4.72 Å². The number of sulfonamides is 1. The Hall–Kier alpha value is -2.16. The number of halogens is 5. The summed E-state index contributed by atoms with van der Waals surface area (Å²) in [6, 6.07) is 5.47. The second-order valence-electron chi connectivity index (χ2n) is 4.23. The molecule has 0 fully saturated rings. The van der Waals surface area contributed by atoms with Crippen molar-refractivity contribution in [2.45, 2.75) is 11.1 Å². The molecule has 1 N–H and O–H groups in total. The first kappa shape index (κ1) is 16.2. The van der Waals surface area contributed by atoms with Crippen LogP contribution in [0.2, 0.25) is 0 Å². The predicted molar refractivity (Wildman–Crippen MR) is 68.6 cm³/mol. The lowest BCUT2D eigenvalue weighted by atomic mass is 10.2. The Kier molecular flexibility index (Phi) is 4.10. The van der Waals surface area contributed by atoms with Gasteiger partial charge >= 0.3 is 6.18 Å². The van der Waals surface area contributed by atoms with E-state index in [4.69, 9.17) is 0 Å². The molecule has 22 heavy (non-hydrogen) atoms. The van der Waals surface area contributed by atoms with Crippen molar-refractivity contribution < 1.29 is 30.4 Å². The summed E-state index contributed by atoms with van der Waals surface area (Å²) >= 11 is 0. The van der Waals surface area contributed by atoms with E-state index in [1.807, 2.05) is 0 Å². The molecule has 0 saturated heterocycles. The molecule has 3 nitrogen and oxygen atoms in total. The molecule has 0 aliphatic carbocycles. The highest BCUT2D eigenvalue weighted by atomic mass is 32.2. The van der Waals surface area contributed by atoms with Gasteiger partial charge in [0.15, 0.2) is 0 Å². The van der Waals surface area contributed by atoms with Crippen LogP contribution in [0.4, 0.5) is 27.6 Å². The minimum Gasteiger partial charge on any atom is -0.274 e. The molecule has 0 aliphatic heterocycles. The molecule has 118 valence electrons. The first-order valence-corrected chi connectivity index (χ1v) is 7.24. The predicted octanol–water partition coefficient (Wildman–Crippen LogP) is 3.78. The van der Waals surface area contributed by atoms with Crippen LogP contribution < -0.4 is 4.72 Å². The molecule has 0 bridgehead atoms. The third kappa shape index (κ3) is 3.35. The second-order valence-corrected chi connectivity index (χ2v) is 5.91. The third-order valence-corrected chi connectivity index (χ3v) is 4.02. The van der Waals surface area contributed by atoms with Gasteiger partial charge < -0.3 is 0 Å². The summed E-state index contributed by atoms with van der Waals surface area (Å²) in [5.74, 6) is -2.37. The van der Waals surface area contributed by atoms with Crippen LogP contribution in [0.5, 0.6) is 0 Å². The van der Waals surface area contributed by atoms with Gasteiger partial charge in [0, 0.05) is 0 Å². The molecule has 0 radical (unpaired) electrons. The Morgan fingerprint density at radius 1 is 0.909 bits per heavy atom. The fraction of sp³-hybridized carbons (Fsp3) is 0.0769. The standard InChI is InChI=1S/C13H8F5NO2S/c14-10-5-2-6-11(15)12(10)19-22(20,21)9-4-1-3-8(7-9)13(16,17)18/h1-7,19H. The second kappa shape index (κ2) is 5.56. The van der Waals surface area contributed by atoms with E-state index in [2.05, 4.69) is 0 Å². The normalized spacial score (nSPS) is 12.2. The quantitative estimate of drug-likeness (QED) is 0.867. The summed E-state index contributed by atoms with van der Waals surface area (Å²) in [6.07, 6.45) is -4.74. The van der Waals surface area contributed by atoms with Gasteiger partial charge in [-0.1, -0.05) is 12.1 Å². The van der Waals surface area contributed by atoms with Crippen molar-refractivity contribution in [1.29, 1.82) is 0 Å². The monoisotopic (exact) mass is 337 g/mol. The van der Waals surface area contributed by atoms with Crippen molar-refractivity contribution in [2.75, 3.05) is 4.72 Å². The third-order valence-electron chi connectivity index (χ3n) is 2.67. The zero-order valence-corrected chi connectivity index (χ0v) is 11.5. The lowest BCUT2D eigenvalue weighted by Crippen LogP contribution is -2.16. The largest absolute Gasteiger partial charge is 0.416 e. The maximum Gasteiger partial charge on any atom is 0.416 e. The molecule has 0 aliphatic rings. The molecule has 2 aromatic rings. The van der Waals surface area contributed by atoms with Crippen LogP contribution in [-0.2, 0) is 16.2 Å². The molecule has 0 amide bonds. The zero-order valence-electron chi connectivity index (χ0n) is 10.7. The number of nitrogens with one attached hydrogen (secondary N) is 1. The van der Waals surface area contributed by atoms with Crippen molar-refractivity contribution in [3.05, 3.63) is 59.7 Å². The number of anilines is 1. The fourth-order valence-electron chi connectivity index (χ4n) is 1.63. The molecule has 0 heterocycles. The molecule has 2 aromatic carbocycles. The molecule has 9 heteroatoms. The van der Waals surface area contributed by atoms with Crippen molar-refractivity contribution in [1.82, 2.24) is 0 Å². The first-order valence-electron chi connectivity index (χ1n) is 5.75. The number of hydrogen-bond acceptors (Lipinski definition) is 2. The van der Waals surface area contributed by atoms with Gasteiger partial charge in [-0.15, -0.1) is 0 Å². The first-order chi connectivity index (χ1) is 10.1. The molecular formula is C13H8F5NO2S. The minimum atomic E-state index is -4.74. The molecule has 0 saturated carbocycles. The van der Waals surface area contributed by atoms with Gasteiger partial charge in [-0.3, -0.25) is 4.72 Å². The summed E-state index contributed by atoms with van der Waals surface area (Å²) in [5.41, 5.74) is -2.15. The Bertz CT molecular complexity index is 782. The lowest BCUT2D eigenvalue weighted by molar-refractivity contribution is -0.137. The topological polar surface area (TPSA) is 46.2 Å². The van der Waals surface area contributed by atoms with E-state index in [1.165, 1.54) is 0 Å². The highest BCUT2D eigenvalue weighted by Crippen LogP contribution is 2.31. The van der Waals surface area contributed by atoms with Crippen LogP contribution >= 0.6 is 0 Å². The average Bonchev–Trinajstić information content (AvgIpc) is 2.42. The lowest BCUT2D eigenvalue weighted by Gasteiger charge is -2.12. The summed E-state index contributed by atoms with van der Waals surface area (Å²) in [7, 11) is -4.57. The number of hydrogen-bond donors (Lipinski definition) is 1. The average molecular weight is 337 g/mol. The van der Waals surface area contributed by atoms with Crippen molar-refractivity contribution >= 4 is 15.7 Å². The van der Waals surface area contributed by atoms with Crippen molar-refractivity contribution in [3.63, 3.8) is 0 Å². The van der Waals surface area contributed by atoms with Gasteiger partial charge in [0.1, 0.15) is 17.3 Å². The van der Waals surface area contributed by atoms with Gasteiger partial charge in [-0.2, -0.15) is 13.2 Å². The van der Waals surface area contributed by atoms with Crippen LogP contribution in [0.1, 0.15) is 5.56 Å². The number of para-hydroxylation sites is 1. The summed E-state index contributed by atoms with van der Waals surface area (Å²) in [5, 5.41) is 0. The summed E-state index contributed by atoms with van der Waals surface area (Å²) in [4.78, 5) is -0.759. The minimum absolute atomic E-state index is 0.376. The molecular weight excluding hydrogens is 329 g/mol. The maximum absolute atomic E-state index is 13.4. The molecule has 0 atom stereocenters. The summed E-state index contributed by atoms with van der Waals surface area (Å²) in [6.45, 7) is 0. The van der Waals surface area contributed by atoms with Crippen LogP contribution in [-0.4, -0.2) is 8.42 Å². The maximum atomic E-state index is 13.4. The van der Waals surface area contributed by atoms with Crippen molar-refractivity contribution in [3.8, 4) is 0 Å². The van der Waals surface area contributed by atoms with E-state index in [0.717, 1.165) is 30.3 Å². The fourth-order valence-corrected chi connectivity index (χ4v) is 2.75. The SMILES string of the molecule is O=S(=O)(Nc1c(F)cccc1F)c1cccc(C(F)(F)F)c1. The van der Waals surface area contributed by atoms with Crippen LogP contribution in [0.3, 0.4) is 0 Å². The van der Waals surface area contributed by atoms with Gasteiger partial charge in [0.25, 0.3) is 10.0 Å². The van der Waals surface area contributed by atoms with Gasteiger partial charge in [0.05, 0.1) is 10.5 Å². The van der Waals surface area contributed by atoms with Crippen LogP contribution in [0.15, 0.2) is 47.4 Å². The van der Waals surface area contributed by atoms with E-state index < -0.39 is 44.0 Å². The van der Waals surface area contributed by atoms with Crippen molar-refractivity contribution in [2.24, 2.45) is 0 Å².